The monoisotopic (exact) mass is 196 g/mol. The van der Waals surface area contributed by atoms with Gasteiger partial charge in [-0.05, 0) is 32.9 Å². The minimum Gasteiger partial charge on any atom is -0.504 e. The number of benzene rings is 1. The van der Waals surface area contributed by atoms with Gasteiger partial charge >= 0.3 is 0 Å². The molecule has 0 atom stereocenters. The highest BCUT2D eigenvalue weighted by Crippen LogP contribution is 2.35. The van der Waals surface area contributed by atoms with Gasteiger partial charge in [0.25, 0.3) is 0 Å². The molecule has 0 aliphatic carbocycles. The zero-order valence-corrected chi connectivity index (χ0v) is 8.83. The smallest absolute Gasteiger partial charge is 0.167 e. The summed E-state index contributed by atoms with van der Waals surface area (Å²) < 4.78 is 10.7. The van der Waals surface area contributed by atoms with E-state index in [0.29, 0.717) is 19.0 Å². The Morgan fingerprint density at radius 1 is 1.14 bits per heavy atom. The second-order valence-corrected chi connectivity index (χ2v) is 2.90. The molecular formula is C11H16O3. The van der Waals surface area contributed by atoms with E-state index in [0.717, 1.165) is 11.3 Å². The summed E-state index contributed by atoms with van der Waals surface area (Å²) >= 11 is 0. The van der Waals surface area contributed by atoms with Crippen molar-refractivity contribution in [2.75, 3.05) is 13.2 Å². The number of phenols is 1. The number of hydrogen-bond donors (Lipinski definition) is 1. The van der Waals surface area contributed by atoms with Crippen molar-refractivity contribution in [3.63, 3.8) is 0 Å². The molecule has 0 amide bonds. The molecule has 3 heteroatoms. The molecule has 0 saturated carbocycles. The third-order valence-corrected chi connectivity index (χ3v) is 1.92. The van der Waals surface area contributed by atoms with Crippen LogP contribution in [-0.4, -0.2) is 18.3 Å². The predicted octanol–water partition coefficient (Wildman–Crippen LogP) is 2.50. The lowest BCUT2D eigenvalue weighted by Crippen LogP contribution is -1.98. The number of aromatic hydroxyl groups is 1. The van der Waals surface area contributed by atoms with Crippen LogP contribution in [0.25, 0.3) is 0 Å². The zero-order valence-electron chi connectivity index (χ0n) is 8.83. The van der Waals surface area contributed by atoms with Gasteiger partial charge in [0.15, 0.2) is 11.5 Å². The van der Waals surface area contributed by atoms with Gasteiger partial charge in [-0.15, -0.1) is 0 Å². The van der Waals surface area contributed by atoms with Crippen LogP contribution in [0.1, 0.15) is 19.4 Å². The number of rotatable bonds is 4. The molecule has 0 heterocycles. The summed E-state index contributed by atoms with van der Waals surface area (Å²) in [5, 5.41) is 9.53. The molecule has 1 aromatic rings. The zero-order chi connectivity index (χ0) is 10.6. The van der Waals surface area contributed by atoms with Crippen molar-refractivity contribution in [1.82, 2.24) is 0 Å². The molecule has 0 unspecified atom stereocenters. The first-order valence-corrected chi connectivity index (χ1v) is 4.78. The number of hydrogen-bond acceptors (Lipinski definition) is 3. The summed E-state index contributed by atoms with van der Waals surface area (Å²) in [6.07, 6.45) is 0. The summed E-state index contributed by atoms with van der Waals surface area (Å²) in [7, 11) is 0. The van der Waals surface area contributed by atoms with Gasteiger partial charge in [0.2, 0.25) is 0 Å². The fourth-order valence-electron chi connectivity index (χ4n) is 1.30. The normalized spacial score (nSPS) is 9.93. The van der Waals surface area contributed by atoms with E-state index in [9.17, 15) is 5.11 Å². The largest absolute Gasteiger partial charge is 0.504 e. The highest BCUT2D eigenvalue weighted by atomic mass is 16.5. The van der Waals surface area contributed by atoms with E-state index in [-0.39, 0.29) is 5.75 Å². The molecule has 0 aromatic heterocycles. The van der Waals surface area contributed by atoms with Crippen LogP contribution in [0.4, 0.5) is 0 Å². The third-order valence-electron chi connectivity index (χ3n) is 1.92. The lowest BCUT2D eigenvalue weighted by atomic mass is 10.2. The van der Waals surface area contributed by atoms with Crippen LogP contribution in [0.3, 0.4) is 0 Å². The molecule has 0 saturated heterocycles. The van der Waals surface area contributed by atoms with E-state index in [4.69, 9.17) is 9.47 Å². The molecule has 1 aromatic carbocycles. The van der Waals surface area contributed by atoms with Crippen LogP contribution < -0.4 is 9.47 Å². The summed E-state index contributed by atoms with van der Waals surface area (Å²) in [6.45, 7) is 6.82. The van der Waals surface area contributed by atoms with E-state index >= 15 is 0 Å². The number of phenolic OH excluding ortho intramolecular Hbond substituents is 1. The Bertz CT molecular complexity index is 308. The van der Waals surface area contributed by atoms with Gasteiger partial charge in [0, 0.05) is 5.56 Å². The van der Waals surface area contributed by atoms with Crippen molar-refractivity contribution in [1.29, 1.82) is 0 Å². The minimum atomic E-state index is 0.160. The van der Waals surface area contributed by atoms with Gasteiger partial charge in [-0.1, -0.05) is 0 Å². The second kappa shape index (κ2) is 4.74. The van der Waals surface area contributed by atoms with E-state index in [1.165, 1.54) is 0 Å². The first-order chi connectivity index (χ1) is 6.70. The van der Waals surface area contributed by atoms with Crippen LogP contribution >= 0.6 is 0 Å². The first-order valence-electron chi connectivity index (χ1n) is 4.78. The summed E-state index contributed by atoms with van der Waals surface area (Å²) in [5.41, 5.74) is 0.841. The molecule has 1 N–H and O–H groups in total. The Balaban J connectivity index is 3.05. The van der Waals surface area contributed by atoms with Crippen molar-refractivity contribution in [2.24, 2.45) is 0 Å². The highest BCUT2D eigenvalue weighted by molar-refractivity contribution is 5.52. The molecule has 78 valence electrons. The Kier molecular flexibility index (Phi) is 3.63. The van der Waals surface area contributed by atoms with Gasteiger partial charge in [0.1, 0.15) is 5.75 Å². The van der Waals surface area contributed by atoms with E-state index < -0.39 is 0 Å². The van der Waals surface area contributed by atoms with Crippen molar-refractivity contribution >= 4 is 0 Å². The molecule has 0 aliphatic rings. The van der Waals surface area contributed by atoms with Gasteiger partial charge in [-0.2, -0.15) is 0 Å². The minimum absolute atomic E-state index is 0.160. The number of ether oxygens (including phenoxy) is 2. The van der Waals surface area contributed by atoms with Crippen LogP contribution in [0.2, 0.25) is 0 Å². The molecule has 1 rings (SSSR count). The Hall–Kier alpha value is -1.38. The van der Waals surface area contributed by atoms with E-state index in [1.807, 2.05) is 20.8 Å². The standard InChI is InChI=1S/C11H16O3/c1-4-13-10-7-6-9(12)11(8(10)3)14-5-2/h6-7,12H,4-5H2,1-3H3. The first kappa shape index (κ1) is 10.7. The topological polar surface area (TPSA) is 38.7 Å². The maximum atomic E-state index is 9.53. The summed E-state index contributed by atoms with van der Waals surface area (Å²) in [5.74, 6) is 1.43. The maximum Gasteiger partial charge on any atom is 0.167 e. The lowest BCUT2D eigenvalue weighted by molar-refractivity contribution is 0.303. The molecule has 0 bridgehead atoms. The average Bonchev–Trinajstić information content (AvgIpc) is 2.17. The van der Waals surface area contributed by atoms with Crippen LogP contribution in [-0.2, 0) is 0 Å². The van der Waals surface area contributed by atoms with Crippen molar-refractivity contribution < 1.29 is 14.6 Å². The van der Waals surface area contributed by atoms with Crippen LogP contribution in [0, 0.1) is 6.92 Å². The Labute approximate surface area is 84.3 Å². The van der Waals surface area contributed by atoms with Crippen molar-refractivity contribution in [3.05, 3.63) is 17.7 Å². The second-order valence-electron chi connectivity index (χ2n) is 2.90. The van der Waals surface area contributed by atoms with Gasteiger partial charge < -0.3 is 14.6 Å². The summed E-state index contributed by atoms with van der Waals surface area (Å²) in [4.78, 5) is 0. The molecule has 14 heavy (non-hydrogen) atoms. The van der Waals surface area contributed by atoms with Crippen molar-refractivity contribution in [3.8, 4) is 17.2 Å². The van der Waals surface area contributed by atoms with E-state index in [2.05, 4.69) is 0 Å². The lowest BCUT2D eigenvalue weighted by Gasteiger charge is -2.13. The molecule has 0 fully saturated rings. The van der Waals surface area contributed by atoms with E-state index in [1.54, 1.807) is 12.1 Å². The van der Waals surface area contributed by atoms with Crippen LogP contribution in [0.5, 0.6) is 17.2 Å². The average molecular weight is 196 g/mol. The van der Waals surface area contributed by atoms with Crippen molar-refractivity contribution in [2.45, 2.75) is 20.8 Å². The highest BCUT2D eigenvalue weighted by Gasteiger charge is 2.10. The Morgan fingerprint density at radius 3 is 2.36 bits per heavy atom. The van der Waals surface area contributed by atoms with Gasteiger partial charge in [-0.25, -0.2) is 0 Å². The van der Waals surface area contributed by atoms with Gasteiger partial charge in [-0.3, -0.25) is 0 Å². The fourth-order valence-corrected chi connectivity index (χ4v) is 1.30. The quantitative estimate of drug-likeness (QED) is 0.804. The van der Waals surface area contributed by atoms with Gasteiger partial charge in [0.05, 0.1) is 13.2 Å². The predicted molar refractivity (Wildman–Crippen MR) is 55.2 cm³/mol. The SMILES string of the molecule is CCOc1ccc(O)c(OCC)c1C. The fraction of sp³-hybridized carbons (Fsp3) is 0.455. The molecule has 0 aliphatic heterocycles. The third kappa shape index (κ3) is 2.10. The maximum absolute atomic E-state index is 9.53. The molecule has 3 nitrogen and oxygen atoms in total. The van der Waals surface area contributed by atoms with Crippen LogP contribution in [0.15, 0.2) is 12.1 Å². The Morgan fingerprint density at radius 2 is 1.79 bits per heavy atom. The molecule has 0 radical (unpaired) electrons. The summed E-state index contributed by atoms with van der Waals surface area (Å²) in [6, 6.07) is 3.33. The molecule has 0 spiro atoms. The molecular weight excluding hydrogens is 180 g/mol.